The molecule has 2 rings (SSSR count). The van der Waals surface area contributed by atoms with Gasteiger partial charge in [0.15, 0.2) is 0 Å². The predicted molar refractivity (Wildman–Crippen MR) is 78.8 cm³/mol. The Morgan fingerprint density at radius 3 is 3.22 bits per heavy atom. The highest BCUT2D eigenvalue weighted by atomic mass is 79.9. The second-order valence-corrected chi connectivity index (χ2v) is 5.59. The molecule has 2 unspecified atom stereocenters. The van der Waals surface area contributed by atoms with E-state index in [0.29, 0.717) is 12.6 Å². The SMILES string of the molecule is C=CCOC(C)CNC1CCc2c(Br)cccc21. The lowest BCUT2D eigenvalue weighted by Crippen LogP contribution is -2.29. The van der Waals surface area contributed by atoms with Gasteiger partial charge in [-0.3, -0.25) is 0 Å². The van der Waals surface area contributed by atoms with Crippen LogP contribution in [0.5, 0.6) is 0 Å². The molecule has 1 aromatic carbocycles. The Morgan fingerprint density at radius 2 is 2.44 bits per heavy atom. The van der Waals surface area contributed by atoms with Gasteiger partial charge in [0.25, 0.3) is 0 Å². The number of ether oxygens (including phenoxy) is 1. The van der Waals surface area contributed by atoms with Crippen LogP contribution in [0.2, 0.25) is 0 Å². The van der Waals surface area contributed by atoms with Gasteiger partial charge >= 0.3 is 0 Å². The van der Waals surface area contributed by atoms with Gasteiger partial charge in [0.05, 0.1) is 12.7 Å². The molecule has 0 radical (unpaired) electrons. The van der Waals surface area contributed by atoms with Crippen molar-refractivity contribution in [3.63, 3.8) is 0 Å². The van der Waals surface area contributed by atoms with Crippen molar-refractivity contribution in [1.82, 2.24) is 5.32 Å². The van der Waals surface area contributed by atoms with E-state index in [2.05, 4.69) is 52.9 Å². The minimum absolute atomic E-state index is 0.221. The Bertz CT molecular complexity index is 419. The van der Waals surface area contributed by atoms with Crippen LogP contribution in [0.3, 0.4) is 0 Å². The van der Waals surface area contributed by atoms with Crippen molar-refractivity contribution >= 4 is 15.9 Å². The number of halogens is 1. The molecule has 1 aromatic rings. The molecular formula is C15H20BrNO. The second kappa shape index (κ2) is 6.50. The van der Waals surface area contributed by atoms with Gasteiger partial charge in [0.1, 0.15) is 0 Å². The fourth-order valence-corrected chi connectivity index (χ4v) is 3.00. The van der Waals surface area contributed by atoms with Crippen LogP contribution in [0.1, 0.15) is 30.5 Å². The largest absolute Gasteiger partial charge is 0.373 e. The van der Waals surface area contributed by atoms with Crippen LogP contribution in [-0.4, -0.2) is 19.3 Å². The summed E-state index contributed by atoms with van der Waals surface area (Å²) in [5, 5.41) is 3.59. The Labute approximate surface area is 118 Å². The first-order valence-electron chi connectivity index (χ1n) is 6.45. The molecule has 2 atom stereocenters. The van der Waals surface area contributed by atoms with Crippen LogP contribution >= 0.6 is 15.9 Å². The zero-order valence-corrected chi connectivity index (χ0v) is 12.4. The van der Waals surface area contributed by atoms with Crippen LogP contribution in [0.4, 0.5) is 0 Å². The molecule has 0 saturated carbocycles. The molecule has 0 saturated heterocycles. The van der Waals surface area contributed by atoms with Gasteiger partial charge < -0.3 is 10.1 Å². The van der Waals surface area contributed by atoms with Crippen LogP contribution < -0.4 is 5.32 Å². The summed E-state index contributed by atoms with van der Waals surface area (Å²) >= 11 is 3.63. The molecule has 0 fully saturated rings. The van der Waals surface area contributed by atoms with E-state index < -0.39 is 0 Å². The molecule has 1 aliphatic rings. The molecule has 0 aliphatic heterocycles. The highest BCUT2D eigenvalue weighted by Gasteiger charge is 2.23. The maximum Gasteiger partial charge on any atom is 0.0675 e. The quantitative estimate of drug-likeness (QED) is 0.810. The van der Waals surface area contributed by atoms with E-state index in [1.165, 1.54) is 22.0 Å². The normalized spacial score (nSPS) is 19.6. The summed E-state index contributed by atoms with van der Waals surface area (Å²) in [5.41, 5.74) is 2.88. The Morgan fingerprint density at radius 1 is 1.61 bits per heavy atom. The van der Waals surface area contributed by atoms with Crippen molar-refractivity contribution in [3.8, 4) is 0 Å². The van der Waals surface area contributed by atoms with Crippen molar-refractivity contribution in [1.29, 1.82) is 0 Å². The third-order valence-electron chi connectivity index (χ3n) is 3.36. The van der Waals surface area contributed by atoms with Gasteiger partial charge in [0, 0.05) is 17.1 Å². The van der Waals surface area contributed by atoms with Crippen molar-refractivity contribution < 1.29 is 4.74 Å². The molecule has 2 nitrogen and oxygen atoms in total. The van der Waals surface area contributed by atoms with Crippen LogP contribution in [0.25, 0.3) is 0 Å². The van der Waals surface area contributed by atoms with Crippen molar-refractivity contribution in [3.05, 3.63) is 46.5 Å². The van der Waals surface area contributed by atoms with E-state index in [1.807, 2.05) is 0 Å². The monoisotopic (exact) mass is 309 g/mol. The molecule has 0 bridgehead atoms. The minimum Gasteiger partial charge on any atom is -0.373 e. The number of hydrogen-bond donors (Lipinski definition) is 1. The van der Waals surface area contributed by atoms with Crippen LogP contribution in [0, 0.1) is 0 Å². The maximum atomic E-state index is 5.57. The summed E-state index contributed by atoms with van der Waals surface area (Å²) < 4.78 is 6.81. The highest BCUT2D eigenvalue weighted by Crippen LogP contribution is 2.35. The molecule has 0 amide bonds. The smallest absolute Gasteiger partial charge is 0.0675 e. The summed E-state index contributed by atoms with van der Waals surface area (Å²) in [6.45, 7) is 7.25. The van der Waals surface area contributed by atoms with Gasteiger partial charge in [0.2, 0.25) is 0 Å². The molecule has 18 heavy (non-hydrogen) atoms. The van der Waals surface area contributed by atoms with E-state index in [4.69, 9.17) is 4.74 Å². The zero-order chi connectivity index (χ0) is 13.0. The zero-order valence-electron chi connectivity index (χ0n) is 10.8. The summed E-state index contributed by atoms with van der Waals surface area (Å²) in [6.07, 6.45) is 4.33. The van der Waals surface area contributed by atoms with Crippen LogP contribution in [0.15, 0.2) is 35.3 Å². The summed E-state index contributed by atoms with van der Waals surface area (Å²) in [4.78, 5) is 0. The fraction of sp³-hybridized carbons (Fsp3) is 0.467. The lowest BCUT2D eigenvalue weighted by molar-refractivity contribution is 0.0856. The van der Waals surface area contributed by atoms with Gasteiger partial charge in [-0.2, -0.15) is 0 Å². The topological polar surface area (TPSA) is 21.3 Å². The summed E-state index contributed by atoms with van der Waals surface area (Å²) in [5.74, 6) is 0. The van der Waals surface area contributed by atoms with Gasteiger partial charge in [-0.15, -0.1) is 6.58 Å². The van der Waals surface area contributed by atoms with Crippen molar-refractivity contribution in [2.75, 3.05) is 13.2 Å². The number of nitrogens with one attached hydrogen (secondary N) is 1. The third-order valence-corrected chi connectivity index (χ3v) is 4.11. The van der Waals surface area contributed by atoms with E-state index in [9.17, 15) is 0 Å². The van der Waals surface area contributed by atoms with Gasteiger partial charge in [-0.25, -0.2) is 0 Å². The number of fused-ring (bicyclic) bond motifs is 1. The highest BCUT2D eigenvalue weighted by molar-refractivity contribution is 9.10. The number of rotatable bonds is 6. The molecule has 0 aromatic heterocycles. The van der Waals surface area contributed by atoms with E-state index in [1.54, 1.807) is 6.08 Å². The fourth-order valence-electron chi connectivity index (χ4n) is 2.42. The van der Waals surface area contributed by atoms with Gasteiger partial charge in [-0.1, -0.05) is 34.1 Å². The van der Waals surface area contributed by atoms with Gasteiger partial charge in [-0.05, 0) is 37.0 Å². The maximum absolute atomic E-state index is 5.57. The summed E-state index contributed by atoms with van der Waals surface area (Å²) in [7, 11) is 0. The lowest BCUT2D eigenvalue weighted by atomic mass is 10.1. The standard InChI is InChI=1S/C15H20BrNO/c1-3-9-18-11(2)10-17-15-8-7-12-13(15)5-4-6-14(12)16/h3-6,11,15,17H,1,7-10H2,2H3. The van der Waals surface area contributed by atoms with Crippen molar-refractivity contribution in [2.45, 2.75) is 31.9 Å². The minimum atomic E-state index is 0.221. The first kappa shape index (κ1) is 13.8. The average molecular weight is 310 g/mol. The Balaban J connectivity index is 1.90. The Kier molecular flexibility index (Phi) is 4.98. The van der Waals surface area contributed by atoms with E-state index in [0.717, 1.165) is 13.0 Å². The predicted octanol–water partition coefficient (Wildman–Crippen LogP) is 3.62. The number of benzene rings is 1. The number of hydrogen-bond acceptors (Lipinski definition) is 2. The molecule has 3 heteroatoms. The second-order valence-electron chi connectivity index (χ2n) is 4.74. The molecule has 0 heterocycles. The van der Waals surface area contributed by atoms with E-state index in [-0.39, 0.29) is 6.10 Å². The lowest BCUT2D eigenvalue weighted by Gasteiger charge is -2.18. The molecular weight excluding hydrogens is 290 g/mol. The summed E-state index contributed by atoms with van der Waals surface area (Å²) in [6, 6.07) is 6.92. The first-order valence-corrected chi connectivity index (χ1v) is 7.25. The first-order chi connectivity index (χ1) is 8.72. The molecule has 0 spiro atoms. The third kappa shape index (κ3) is 3.22. The van der Waals surface area contributed by atoms with Crippen LogP contribution in [-0.2, 0) is 11.2 Å². The van der Waals surface area contributed by atoms with E-state index >= 15 is 0 Å². The molecule has 1 N–H and O–H groups in total. The Hall–Kier alpha value is -0.640. The molecule has 98 valence electrons. The average Bonchev–Trinajstić information content (AvgIpc) is 2.78. The van der Waals surface area contributed by atoms with Crippen molar-refractivity contribution in [2.24, 2.45) is 0 Å². The molecule has 1 aliphatic carbocycles.